The van der Waals surface area contributed by atoms with Crippen molar-refractivity contribution in [3.8, 4) is 0 Å². The molecule has 166 valence electrons. The van der Waals surface area contributed by atoms with Gasteiger partial charge >= 0.3 is 0 Å². The van der Waals surface area contributed by atoms with Crippen molar-refractivity contribution in [1.29, 1.82) is 0 Å². The Labute approximate surface area is 194 Å². The van der Waals surface area contributed by atoms with E-state index in [9.17, 15) is 9.59 Å². The Morgan fingerprint density at radius 3 is 2.26 bits per heavy atom. The number of carbonyl (C=O) groups is 2. The van der Waals surface area contributed by atoms with Gasteiger partial charge in [-0.1, -0.05) is 78.4 Å². The number of rotatable bonds is 7. The molecule has 0 spiro atoms. The Kier molecular flexibility index (Phi) is 8.39. The first-order valence-electron chi connectivity index (χ1n) is 10.9. The van der Waals surface area contributed by atoms with Crippen LogP contribution in [0.1, 0.15) is 55.7 Å². The van der Waals surface area contributed by atoms with Gasteiger partial charge in [-0.3, -0.25) is 9.59 Å². The Morgan fingerprint density at radius 2 is 1.65 bits per heavy atom. The predicted octanol–water partition coefficient (Wildman–Crippen LogP) is 5.71. The average Bonchev–Trinajstić information content (AvgIpc) is 2.75. The summed E-state index contributed by atoms with van der Waals surface area (Å²) in [6.07, 6.45) is 5.67. The lowest BCUT2D eigenvalue weighted by Gasteiger charge is -2.31. The number of aryl methyl sites for hydroxylation is 1. The predicted molar refractivity (Wildman–Crippen MR) is 126 cm³/mol. The quantitative estimate of drug-likeness (QED) is 0.574. The maximum Gasteiger partial charge on any atom is 0.242 e. The Morgan fingerprint density at radius 1 is 1.03 bits per heavy atom. The fourth-order valence-corrected chi connectivity index (χ4v) is 4.50. The monoisotopic (exact) mass is 460 g/mol. The fourth-order valence-electron chi connectivity index (χ4n) is 3.99. The van der Waals surface area contributed by atoms with E-state index in [4.69, 9.17) is 23.2 Å². The molecule has 1 unspecified atom stereocenters. The van der Waals surface area contributed by atoms with Crippen LogP contribution in [0.4, 0.5) is 0 Å². The van der Waals surface area contributed by atoms with Crippen LogP contribution in [-0.2, 0) is 22.6 Å². The van der Waals surface area contributed by atoms with E-state index < -0.39 is 6.04 Å². The van der Waals surface area contributed by atoms with E-state index in [0.29, 0.717) is 15.6 Å². The topological polar surface area (TPSA) is 49.4 Å². The maximum absolute atomic E-state index is 13.3. The Hall–Kier alpha value is -2.04. The molecule has 1 fully saturated rings. The van der Waals surface area contributed by atoms with Gasteiger partial charge in [-0.2, -0.15) is 0 Å². The summed E-state index contributed by atoms with van der Waals surface area (Å²) in [7, 11) is 0. The zero-order valence-electron chi connectivity index (χ0n) is 18.2. The summed E-state index contributed by atoms with van der Waals surface area (Å²) < 4.78 is 0. The molecule has 0 radical (unpaired) electrons. The van der Waals surface area contributed by atoms with Crippen molar-refractivity contribution in [2.24, 2.45) is 0 Å². The number of amides is 2. The van der Waals surface area contributed by atoms with Gasteiger partial charge in [0.15, 0.2) is 0 Å². The molecule has 31 heavy (non-hydrogen) atoms. The summed E-state index contributed by atoms with van der Waals surface area (Å²) in [5, 5.41) is 4.11. The minimum atomic E-state index is -0.632. The van der Waals surface area contributed by atoms with Gasteiger partial charge in [0.25, 0.3) is 0 Å². The van der Waals surface area contributed by atoms with Crippen LogP contribution in [0.2, 0.25) is 10.0 Å². The van der Waals surface area contributed by atoms with Crippen LogP contribution in [0, 0.1) is 6.92 Å². The standard InChI is InChI=1S/C25H30Cl2N2O2/c1-17-11-13-19(14-12-17)15-24(30)29(16-21-22(26)9-6-10-23(21)27)18(2)25(31)28-20-7-4-3-5-8-20/h6,9-14,18,20H,3-5,7-8,15-16H2,1-2H3,(H,28,31). The highest BCUT2D eigenvalue weighted by Crippen LogP contribution is 2.27. The number of halogens is 2. The van der Waals surface area contributed by atoms with Gasteiger partial charge in [-0.15, -0.1) is 0 Å². The van der Waals surface area contributed by atoms with E-state index in [1.165, 1.54) is 6.42 Å². The summed E-state index contributed by atoms with van der Waals surface area (Å²) in [6.45, 7) is 3.97. The molecule has 1 atom stereocenters. The molecule has 0 bridgehead atoms. The van der Waals surface area contributed by atoms with E-state index in [1.807, 2.05) is 31.2 Å². The van der Waals surface area contributed by atoms with Crippen molar-refractivity contribution in [3.05, 3.63) is 69.2 Å². The second-order valence-electron chi connectivity index (χ2n) is 8.40. The van der Waals surface area contributed by atoms with Gasteiger partial charge in [0.05, 0.1) is 6.42 Å². The van der Waals surface area contributed by atoms with Crippen molar-refractivity contribution in [3.63, 3.8) is 0 Å². The third kappa shape index (κ3) is 6.47. The molecule has 0 saturated heterocycles. The fraction of sp³-hybridized carbons (Fsp3) is 0.440. The number of benzene rings is 2. The van der Waals surface area contributed by atoms with Crippen LogP contribution in [0.3, 0.4) is 0 Å². The third-order valence-electron chi connectivity index (χ3n) is 5.98. The molecular weight excluding hydrogens is 431 g/mol. The summed E-state index contributed by atoms with van der Waals surface area (Å²) in [6, 6.07) is 12.7. The molecule has 1 saturated carbocycles. The van der Waals surface area contributed by atoms with Gasteiger partial charge in [0, 0.05) is 28.2 Å². The summed E-state index contributed by atoms with van der Waals surface area (Å²) in [5.74, 6) is -0.265. The van der Waals surface area contributed by atoms with Crippen molar-refractivity contribution >= 4 is 35.0 Å². The molecule has 2 amide bonds. The van der Waals surface area contributed by atoms with Crippen LogP contribution < -0.4 is 5.32 Å². The minimum absolute atomic E-state index is 0.132. The van der Waals surface area contributed by atoms with Gasteiger partial charge < -0.3 is 10.2 Å². The number of hydrogen-bond donors (Lipinski definition) is 1. The van der Waals surface area contributed by atoms with E-state index in [2.05, 4.69) is 5.32 Å². The van der Waals surface area contributed by atoms with E-state index in [1.54, 1.807) is 30.0 Å². The molecule has 0 aromatic heterocycles. The van der Waals surface area contributed by atoms with Gasteiger partial charge in [0.2, 0.25) is 11.8 Å². The third-order valence-corrected chi connectivity index (χ3v) is 6.69. The van der Waals surface area contributed by atoms with Gasteiger partial charge in [-0.25, -0.2) is 0 Å². The lowest BCUT2D eigenvalue weighted by atomic mass is 9.95. The normalized spacial score (nSPS) is 15.4. The summed E-state index contributed by atoms with van der Waals surface area (Å²) in [4.78, 5) is 28.0. The summed E-state index contributed by atoms with van der Waals surface area (Å²) >= 11 is 12.7. The molecule has 2 aromatic carbocycles. The average molecular weight is 461 g/mol. The number of carbonyl (C=O) groups excluding carboxylic acids is 2. The molecule has 0 aliphatic heterocycles. The van der Waals surface area contributed by atoms with Gasteiger partial charge in [0.1, 0.15) is 6.04 Å². The molecule has 0 heterocycles. The van der Waals surface area contributed by atoms with E-state index in [-0.39, 0.29) is 30.8 Å². The van der Waals surface area contributed by atoms with E-state index in [0.717, 1.165) is 36.8 Å². The van der Waals surface area contributed by atoms with Crippen molar-refractivity contribution in [1.82, 2.24) is 10.2 Å². The highest BCUT2D eigenvalue weighted by molar-refractivity contribution is 6.36. The van der Waals surface area contributed by atoms with Crippen LogP contribution in [0.15, 0.2) is 42.5 Å². The first-order valence-corrected chi connectivity index (χ1v) is 11.7. The second kappa shape index (κ2) is 11.0. The summed E-state index contributed by atoms with van der Waals surface area (Å²) in [5.41, 5.74) is 2.70. The molecule has 1 N–H and O–H groups in total. The molecule has 6 heteroatoms. The Balaban J connectivity index is 1.80. The highest BCUT2D eigenvalue weighted by Gasteiger charge is 2.29. The van der Waals surface area contributed by atoms with Crippen molar-refractivity contribution in [2.45, 2.75) is 71.0 Å². The number of nitrogens with zero attached hydrogens (tertiary/aromatic N) is 1. The van der Waals surface area contributed by atoms with Crippen LogP contribution in [-0.4, -0.2) is 28.8 Å². The molecule has 1 aliphatic rings. The van der Waals surface area contributed by atoms with Gasteiger partial charge in [-0.05, 0) is 44.4 Å². The molecular formula is C25H30Cl2N2O2. The highest BCUT2D eigenvalue weighted by atomic mass is 35.5. The van der Waals surface area contributed by atoms with E-state index >= 15 is 0 Å². The second-order valence-corrected chi connectivity index (χ2v) is 9.22. The SMILES string of the molecule is Cc1ccc(CC(=O)N(Cc2c(Cl)cccc2Cl)C(C)C(=O)NC2CCCCC2)cc1. The molecule has 2 aromatic rings. The number of hydrogen-bond acceptors (Lipinski definition) is 2. The Bertz CT molecular complexity index is 888. The van der Waals surface area contributed by atoms with Crippen molar-refractivity contribution in [2.75, 3.05) is 0 Å². The smallest absolute Gasteiger partial charge is 0.242 e. The number of nitrogens with one attached hydrogen (secondary N) is 1. The van der Waals surface area contributed by atoms with Crippen LogP contribution in [0.5, 0.6) is 0 Å². The zero-order chi connectivity index (χ0) is 22.4. The molecule has 4 nitrogen and oxygen atoms in total. The van der Waals surface area contributed by atoms with Crippen molar-refractivity contribution < 1.29 is 9.59 Å². The van der Waals surface area contributed by atoms with Crippen LogP contribution >= 0.6 is 23.2 Å². The lowest BCUT2D eigenvalue weighted by Crippen LogP contribution is -2.50. The largest absolute Gasteiger partial charge is 0.352 e. The zero-order valence-corrected chi connectivity index (χ0v) is 19.7. The minimum Gasteiger partial charge on any atom is -0.352 e. The molecule has 3 rings (SSSR count). The first-order chi connectivity index (χ1) is 14.8. The van der Waals surface area contributed by atoms with Crippen LogP contribution in [0.25, 0.3) is 0 Å². The lowest BCUT2D eigenvalue weighted by molar-refractivity contribution is -0.140. The maximum atomic E-state index is 13.3. The molecule has 1 aliphatic carbocycles. The first kappa shape index (κ1) is 23.6.